The molecule has 0 aromatic heterocycles. The van der Waals surface area contributed by atoms with Crippen molar-refractivity contribution in [2.45, 2.75) is 24.5 Å². The Morgan fingerprint density at radius 1 is 1.04 bits per heavy atom. The molecule has 0 aliphatic carbocycles. The van der Waals surface area contributed by atoms with Crippen LogP contribution in [0.5, 0.6) is 0 Å². The smallest absolute Gasteiger partial charge is 0.325 e. The van der Waals surface area contributed by atoms with E-state index in [1.54, 1.807) is 17.0 Å². The van der Waals surface area contributed by atoms with Crippen LogP contribution in [-0.2, 0) is 10.4 Å². The number of benzene rings is 2. The Kier molecular flexibility index (Phi) is 4.64. The van der Waals surface area contributed by atoms with Crippen molar-refractivity contribution in [2.24, 2.45) is 0 Å². The van der Waals surface area contributed by atoms with Gasteiger partial charge in [0, 0.05) is 18.7 Å². The molecule has 126 valence electrons. The minimum absolute atomic E-state index is 0.162. The van der Waals surface area contributed by atoms with E-state index in [2.05, 4.69) is 0 Å². The highest BCUT2D eigenvalue weighted by molar-refractivity contribution is 5.75. The second-order valence-electron chi connectivity index (χ2n) is 6.20. The van der Waals surface area contributed by atoms with Crippen molar-refractivity contribution in [1.29, 1.82) is 0 Å². The van der Waals surface area contributed by atoms with Crippen molar-refractivity contribution in [3.8, 4) is 0 Å². The molecule has 2 N–H and O–H groups in total. The number of aliphatic carboxylic acids is 1. The van der Waals surface area contributed by atoms with Crippen molar-refractivity contribution in [3.63, 3.8) is 0 Å². The molecule has 1 atom stereocenters. The SMILES string of the molecule is O=C(O)C(c1ccccc1F)N1CCC(O)(c2ccccc2)CC1. The van der Waals surface area contributed by atoms with Gasteiger partial charge in [0.15, 0.2) is 0 Å². The molecule has 0 spiro atoms. The van der Waals surface area contributed by atoms with Crippen molar-refractivity contribution in [1.82, 2.24) is 4.90 Å². The van der Waals surface area contributed by atoms with Crippen LogP contribution in [0.25, 0.3) is 0 Å². The molecule has 0 amide bonds. The standard InChI is InChI=1S/C19H20FNO3/c20-16-9-5-4-8-15(16)17(18(22)23)21-12-10-19(24,11-13-21)14-6-2-1-3-7-14/h1-9,17,24H,10-13H2,(H,22,23). The molecular formula is C19H20FNO3. The number of carboxylic acids is 1. The fraction of sp³-hybridized carbons (Fsp3) is 0.316. The molecule has 2 aromatic rings. The predicted molar refractivity (Wildman–Crippen MR) is 87.9 cm³/mol. The molecule has 0 bridgehead atoms. The Balaban J connectivity index is 1.80. The van der Waals surface area contributed by atoms with Gasteiger partial charge in [-0.25, -0.2) is 4.39 Å². The van der Waals surface area contributed by atoms with Gasteiger partial charge >= 0.3 is 5.97 Å². The summed E-state index contributed by atoms with van der Waals surface area (Å²) in [6.45, 7) is 0.771. The molecule has 3 rings (SSSR count). The van der Waals surface area contributed by atoms with Crippen LogP contribution in [0.2, 0.25) is 0 Å². The molecule has 1 aliphatic heterocycles. The summed E-state index contributed by atoms with van der Waals surface area (Å²) in [7, 11) is 0. The maximum Gasteiger partial charge on any atom is 0.325 e. The van der Waals surface area contributed by atoms with E-state index in [1.165, 1.54) is 12.1 Å². The summed E-state index contributed by atoms with van der Waals surface area (Å²) in [6.07, 6.45) is 0.824. The number of aliphatic hydroxyl groups is 1. The molecule has 2 aromatic carbocycles. The van der Waals surface area contributed by atoms with Gasteiger partial charge in [-0.1, -0.05) is 48.5 Å². The lowest BCUT2D eigenvalue weighted by atomic mass is 9.83. The Morgan fingerprint density at radius 3 is 2.21 bits per heavy atom. The number of rotatable bonds is 4. The summed E-state index contributed by atoms with van der Waals surface area (Å²) < 4.78 is 14.0. The molecule has 1 fully saturated rings. The number of hydrogen-bond donors (Lipinski definition) is 2. The van der Waals surface area contributed by atoms with E-state index in [1.807, 2.05) is 30.3 Å². The molecule has 24 heavy (non-hydrogen) atoms. The van der Waals surface area contributed by atoms with Crippen LogP contribution in [-0.4, -0.2) is 34.2 Å². The highest BCUT2D eigenvalue weighted by Crippen LogP contribution is 2.36. The topological polar surface area (TPSA) is 60.8 Å². The summed E-state index contributed by atoms with van der Waals surface area (Å²) in [6, 6.07) is 14.3. The summed E-state index contributed by atoms with van der Waals surface area (Å²) in [5.41, 5.74) is 0.0355. The lowest BCUT2D eigenvalue weighted by Crippen LogP contribution is -2.46. The van der Waals surface area contributed by atoms with Crippen LogP contribution < -0.4 is 0 Å². The molecule has 1 saturated heterocycles. The van der Waals surface area contributed by atoms with E-state index in [-0.39, 0.29) is 5.56 Å². The normalized spacial score (nSPS) is 18.9. The van der Waals surface area contributed by atoms with Gasteiger partial charge in [0.1, 0.15) is 11.9 Å². The second kappa shape index (κ2) is 6.71. The van der Waals surface area contributed by atoms with Crippen molar-refractivity contribution in [2.75, 3.05) is 13.1 Å². The van der Waals surface area contributed by atoms with E-state index in [4.69, 9.17) is 0 Å². The highest BCUT2D eigenvalue weighted by Gasteiger charge is 2.38. The van der Waals surface area contributed by atoms with Crippen molar-refractivity contribution < 1.29 is 19.4 Å². The van der Waals surface area contributed by atoms with Gasteiger partial charge in [-0.3, -0.25) is 9.69 Å². The summed E-state index contributed by atoms with van der Waals surface area (Å²) in [5.74, 6) is -1.60. The molecule has 1 aliphatic rings. The fourth-order valence-corrected chi connectivity index (χ4v) is 3.37. The van der Waals surface area contributed by atoms with Gasteiger partial charge < -0.3 is 10.2 Å². The monoisotopic (exact) mass is 329 g/mol. The third-order valence-corrected chi connectivity index (χ3v) is 4.74. The lowest BCUT2D eigenvalue weighted by molar-refractivity contribution is -0.146. The van der Waals surface area contributed by atoms with Gasteiger partial charge in [0.25, 0.3) is 0 Å². The number of likely N-dealkylation sites (tertiary alicyclic amines) is 1. The first-order chi connectivity index (χ1) is 11.5. The fourth-order valence-electron chi connectivity index (χ4n) is 3.37. The zero-order valence-corrected chi connectivity index (χ0v) is 13.2. The van der Waals surface area contributed by atoms with Gasteiger partial charge in [0.2, 0.25) is 0 Å². The molecule has 5 heteroatoms. The number of halogens is 1. The zero-order chi connectivity index (χ0) is 17.2. The van der Waals surface area contributed by atoms with Crippen LogP contribution >= 0.6 is 0 Å². The minimum Gasteiger partial charge on any atom is -0.480 e. The van der Waals surface area contributed by atoms with E-state index >= 15 is 0 Å². The molecule has 0 saturated carbocycles. The first-order valence-corrected chi connectivity index (χ1v) is 8.00. The average molecular weight is 329 g/mol. The van der Waals surface area contributed by atoms with E-state index in [0.29, 0.717) is 25.9 Å². The zero-order valence-electron chi connectivity index (χ0n) is 13.2. The first-order valence-electron chi connectivity index (χ1n) is 8.00. The highest BCUT2D eigenvalue weighted by atomic mass is 19.1. The molecule has 1 heterocycles. The predicted octanol–water partition coefficient (Wildman–Crippen LogP) is 2.94. The van der Waals surface area contributed by atoms with Crippen LogP contribution in [0.1, 0.15) is 30.0 Å². The van der Waals surface area contributed by atoms with E-state index in [0.717, 1.165) is 5.56 Å². The third kappa shape index (κ3) is 3.18. The van der Waals surface area contributed by atoms with E-state index in [9.17, 15) is 19.4 Å². The molecule has 4 nitrogen and oxygen atoms in total. The summed E-state index contributed by atoms with van der Waals surface area (Å²) in [5, 5.41) is 20.4. The number of piperidine rings is 1. The average Bonchev–Trinajstić information content (AvgIpc) is 2.59. The van der Waals surface area contributed by atoms with Crippen LogP contribution in [0.4, 0.5) is 4.39 Å². The first kappa shape index (κ1) is 16.6. The molecular weight excluding hydrogens is 309 g/mol. The number of hydrogen-bond acceptors (Lipinski definition) is 3. The summed E-state index contributed by atoms with van der Waals surface area (Å²) >= 11 is 0. The quantitative estimate of drug-likeness (QED) is 0.905. The number of carboxylic acid groups (broad SMARTS) is 1. The maximum atomic E-state index is 14.0. The van der Waals surface area contributed by atoms with Crippen molar-refractivity contribution in [3.05, 3.63) is 71.5 Å². The number of carbonyl (C=O) groups is 1. The Morgan fingerprint density at radius 2 is 1.62 bits per heavy atom. The van der Waals surface area contributed by atoms with E-state index < -0.39 is 23.4 Å². The largest absolute Gasteiger partial charge is 0.480 e. The summed E-state index contributed by atoms with van der Waals surface area (Å²) in [4.78, 5) is 13.4. The van der Waals surface area contributed by atoms with Crippen molar-refractivity contribution >= 4 is 5.97 Å². The third-order valence-electron chi connectivity index (χ3n) is 4.74. The van der Waals surface area contributed by atoms with Gasteiger partial charge in [0.05, 0.1) is 5.60 Å². The molecule has 0 radical (unpaired) electrons. The van der Waals surface area contributed by atoms with Gasteiger partial charge in [-0.15, -0.1) is 0 Å². The number of nitrogens with zero attached hydrogens (tertiary/aromatic N) is 1. The van der Waals surface area contributed by atoms with Gasteiger partial charge in [-0.2, -0.15) is 0 Å². The van der Waals surface area contributed by atoms with Crippen LogP contribution in [0, 0.1) is 5.82 Å². The van der Waals surface area contributed by atoms with Crippen LogP contribution in [0.3, 0.4) is 0 Å². The van der Waals surface area contributed by atoms with Gasteiger partial charge in [-0.05, 0) is 24.5 Å². The minimum atomic E-state index is -1.08. The maximum absolute atomic E-state index is 14.0. The Labute approximate surface area is 140 Å². The lowest BCUT2D eigenvalue weighted by Gasteiger charge is -2.40. The Bertz CT molecular complexity index is 712. The molecule has 1 unspecified atom stereocenters. The Hall–Kier alpha value is -2.24. The van der Waals surface area contributed by atoms with Crippen LogP contribution in [0.15, 0.2) is 54.6 Å². The second-order valence-corrected chi connectivity index (χ2v) is 6.20.